The van der Waals surface area contributed by atoms with Crippen molar-refractivity contribution in [2.45, 2.75) is 57.4 Å². The number of sulfonamides is 1. The van der Waals surface area contributed by atoms with Crippen molar-refractivity contribution < 1.29 is 8.42 Å². The molecule has 0 spiro atoms. The van der Waals surface area contributed by atoms with Crippen LogP contribution in [0.3, 0.4) is 0 Å². The molecule has 0 unspecified atom stereocenters. The highest BCUT2D eigenvalue weighted by Gasteiger charge is 2.10. The van der Waals surface area contributed by atoms with E-state index in [1.54, 1.807) is 31.3 Å². The molecule has 6 nitrogen and oxygen atoms in total. The zero-order valence-corrected chi connectivity index (χ0v) is 17.3. The minimum atomic E-state index is -3.38. The number of nitrogens with zero attached hydrogens (tertiary/aromatic N) is 1. The van der Waals surface area contributed by atoms with Gasteiger partial charge in [0.1, 0.15) is 0 Å². The van der Waals surface area contributed by atoms with Crippen LogP contribution in [-0.4, -0.2) is 35.0 Å². The number of benzene rings is 1. The van der Waals surface area contributed by atoms with Gasteiger partial charge in [0.2, 0.25) is 10.0 Å². The summed E-state index contributed by atoms with van der Waals surface area (Å²) in [6, 6.07) is 6.82. The van der Waals surface area contributed by atoms with Gasteiger partial charge < -0.3 is 10.6 Å². The first-order chi connectivity index (χ1) is 12.4. The van der Waals surface area contributed by atoms with Gasteiger partial charge >= 0.3 is 0 Å². The molecule has 1 aromatic rings. The van der Waals surface area contributed by atoms with E-state index in [9.17, 15) is 8.42 Å². The molecule has 0 aliphatic heterocycles. The van der Waals surface area contributed by atoms with E-state index < -0.39 is 10.0 Å². The van der Waals surface area contributed by atoms with Crippen LogP contribution in [0.2, 0.25) is 0 Å². The molecule has 0 atom stereocenters. The fourth-order valence-corrected chi connectivity index (χ4v) is 3.28. The van der Waals surface area contributed by atoms with E-state index in [-0.39, 0.29) is 4.90 Å². The third kappa shape index (κ3) is 8.67. The first-order valence-corrected chi connectivity index (χ1v) is 10.8. The molecule has 7 heteroatoms. The number of nitrogens with one attached hydrogen (secondary N) is 3. The minimum absolute atomic E-state index is 0.267. The molecule has 0 bridgehead atoms. The van der Waals surface area contributed by atoms with Crippen LogP contribution in [0.15, 0.2) is 34.2 Å². The van der Waals surface area contributed by atoms with Crippen molar-refractivity contribution in [3.8, 4) is 0 Å². The molecule has 0 aliphatic rings. The fourth-order valence-electron chi connectivity index (χ4n) is 2.55. The molecule has 148 valence electrons. The maximum absolute atomic E-state index is 11.7. The quantitative estimate of drug-likeness (QED) is 0.312. The summed E-state index contributed by atoms with van der Waals surface area (Å²) in [5.74, 6) is 1.56. The van der Waals surface area contributed by atoms with Gasteiger partial charge in [-0.2, -0.15) is 0 Å². The summed E-state index contributed by atoms with van der Waals surface area (Å²) in [5.41, 5.74) is 0.997. The normalized spacial score (nSPS) is 12.4. The maximum Gasteiger partial charge on any atom is 0.240 e. The summed E-state index contributed by atoms with van der Waals surface area (Å²) in [7, 11) is -0.226. The predicted molar refractivity (Wildman–Crippen MR) is 109 cm³/mol. The molecule has 0 radical (unpaired) electrons. The standard InChI is InChI=1S/C19H34N4O2S/c1-16(2)9-7-5-6-8-14-22-19(20-3)23-15-17-10-12-18(13-11-17)26(24,25)21-4/h10-13,16,21H,5-9,14-15H2,1-4H3,(H2,20,22,23). The molecular weight excluding hydrogens is 348 g/mol. The SMILES string of the molecule is CN=C(NCCCCCCC(C)C)NCc1ccc(S(=O)(=O)NC)cc1. The lowest BCUT2D eigenvalue weighted by molar-refractivity contribution is 0.518. The number of guanidine groups is 1. The lowest BCUT2D eigenvalue weighted by Crippen LogP contribution is -2.37. The van der Waals surface area contributed by atoms with Crippen LogP contribution in [0.4, 0.5) is 0 Å². The lowest BCUT2D eigenvalue weighted by Gasteiger charge is -2.12. The second-order valence-corrected chi connectivity index (χ2v) is 8.69. The van der Waals surface area contributed by atoms with Gasteiger partial charge in [-0.15, -0.1) is 0 Å². The first-order valence-electron chi connectivity index (χ1n) is 9.36. The topological polar surface area (TPSA) is 82.6 Å². The number of rotatable bonds is 11. The Kier molecular flexibility index (Phi) is 10.3. The Morgan fingerprint density at radius 1 is 1.04 bits per heavy atom. The molecule has 0 heterocycles. The molecule has 1 aromatic carbocycles. The van der Waals surface area contributed by atoms with Crippen LogP contribution in [0.1, 0.15) is 51.5 Å². The molecule has 3 N–H and O–H groups in total. The summed E-state index contributed by atoms with van der Waals surface area (Å²) < 4.78 is 25.7. The highest BCUT2D eigenvalue weighted by atomic mass is 32.2. The zero-order chi connectivity index (χ0) is 19.4. The highest BCUT2D eigenvalue weighted by Crippen LogP contribution is 2.10. The number of hydrogen-bond acceptors (Lipinski definition) is 3. The Morgan fingerprint density at radius 2 is 1.69 bits per heavy atom. The van der Waals surface area contributed by atoms with E-state index in [0.29, 0.717) is 6.54 Å². The van der Waals surface area contributed by atoms with Crippen LogP contribution in [0.5, 0.6) is 0 Å². The molecular formula is C19H34N4O2S. The maximum atomic E-state index is 11.7. The summed E-state index contributed by atoms with van der Waals surface area (Å²) >= 11 is 0. The third-order valence-corrected chi connectivity index (χ3v) is 5.62. The van der Waals surface area contributed by atoms with Gasteiger partial charge in [0.15, 0.2) is 5.96 Å². The van der Waals surface area contributed by atoms with Crippen molar-refractivity contribution in [2.24, 2.45) is 10.9 Å². The average Bonchev–Trinajstić information content (AvgIpc) is 2.63. The largest absolute Gasteiger partial charge is 0.356 e. The number of unbranched alkanes of at least 4 members (excludes halogenated alkanes) is 3. The van der Waals surface area contributed by atoms with E-state index >= 15 is 0 Å². The highest BCUT2D eigenvalue weighted by molar-refractivity contribution is 7.89. The second-order valence-electron chi connectivity index (χ2n) is 6.80. The molecule has 1 rings (SSSR count). The van der Waals surface area contributed by atoms with Crippen molar-refractivity contribution in [1.82, 2.24) is 15.4 Å². The van der Waals surface area contributed by atoms with Crippen molar-refractivity contribution in [2.75, 3.05) is 20.6 Å². The Hall–Kier alpha value is -1.60. The Morgan fingerprint density at radius 3 is 2.27 bits per heavy atom. The van der Waals surface area contributed by atoms with E-state index in [2.05, 4.69) is 34.2 Å². The average molecular weight is 383 g/mol. The van der Waals surface area contributed by atoms with E-state index in [1.165, 1.54) is 32.7 Å². The van der Waals surface area contributed by atoms with Gasteiger partial charge in [-0.3, -0.25) is 4.99 Å². The molecule has 0 aromatic heterocycles. The van der Waals surface area contributed by atoms with Crippen LogP contribution in [0, 0.1) is 5.92 Å². The van der Waals surface area contributed by atoms with Gasteiger partial charge in [0.25, 0.3) is 0 Å². The molecule has 0 saturated heterocycles. The van der Waals surface area contributed by atoms with Gasteiger partial charge in [0.05, 0.1) is 4.90 Å². The van der Waals surface area contributed by atoms with Gasteiger partial charge in [-0.1, -0.05) is 51.7 Å². The van der Waals surface area contributed by atoms with E-state index in [4.69, 9.17) is 0 Å². The summed E-state index contributed by atoms with van der Waals surface area (Å²) in [4.78, 5) is 4.49. The van der Waals surface area contributed by atoms with Crippen LogP contribution in [0.25, 0.3) is 0 Å². The Balaban J connectivity index is 2.30. The third-order valence-electron chi connectivity index (χ3n) is 4.19. The number of hydrogen-bond donors (Lipinski definition) is 3. The van der Waals surface area contributed by atoms with E-state index in [1.807, 2.05) is 0 Å². The van der Waals surface area contributed by atoms with Crippen molar-refractivity contribution in [3.63, 3.8) is 0 Å². The molecule has 0 amide bonds. The smallest absolute Gasteiger partial charge is 0.240 e. The molecule has 0 aliphatic carbocycles. The van der Waals surface area contributed by atoms with Crippen LogP contribution < -0.4 is 15.4 Å². The van der Waals surface area contributed by atoms with Crippen molar-refractivity contribution in [3.05, 3.63) is 29.8 Å². The lowest BCUT2D eigenvalue weighted by atomic mass is 10.0. The summed E-state index contributed by atoms with van der Waals surface area (Å²) in [6.45, 7) is 6.03. The van der Waals surface area contributed by atoms with Crippen molar-refractivity contribution in [1.29, 1.82) is 0 Å². The molecule has 0 fully saturated rings. The van der Waals surface area contributed by atoms with E-state index in [0.717, 1.165) is 30.4 Å². The minimum Gasteiger partial charge on any atom is -0.356 e. The first kappa shape index (κ1) is 22.4. The van der Waals surface area contributed by atoms with Gasteiger partial charge in [-0.25, -0.2) is 13.1 Å². The Labute approximate surface area is 158 Å². The predicted octanol–water partition coefficient (Wildman–Crippen LogP) is 2.87. The van der Waals surface area contributed by atoms with Crippen LogP contribution >= 0.6 is 0 Å². The van der Waals surface area contributed by atoms with Crippen LogP contribution in [-0.2, 0) is 16.6 Å². The summed E-state index contributed by atoms with van der Waals surface area (Å²) in [6.07, 6.45) is 6.27. The summed E-state index contributed by atoms with van der Waals surface area (Å²) in [5, 5.41) is 6.57. The van der Waals surface area contributed by atoms with Gasteiger partial charge in [0, 0.05) is 20.1 Å². The fraction of sp³-hybridized carbons (Fsp3) is 0.632. The van der Waals surface area contributed by atoms with Gasteiger partial charge in [-0.05, 0) is 37.1 Å². The Bertz CT molecular complexity index is 640. The molecule has 26 heavy (non-hydrogen) atoms. The van der Waals surface area contributed by atoms with Crippen molar-refractivity contribution >= 4 is 16.0 Å². The number of aliphatic imine (C=N–C) groups is 1. The second kappa shape index (κ2) is 11.9. The molecule has 0 saturated carbocycles. The monoisotopic (exact) mass is 382 g/mol. The zero-order valence-electron chi connectivity index (χ0n) is 16.5.